The second-order valence-corrected chi connectivity index (χ2v) is 8.75. The Labute approximate surface area is 145 Å². The van der Waals surface area contributed by atoms with Gasteiger partial charge in [0, 0.05) is 0 Å². The van der Waals surface area contributed by atoms with Gasteiger partial charge in [-0.25, -0.2) is 0 Å². The first-order valence-electron chi connectivity index (χ1n) is 9.28. The maximum atomic E-state index is 11.2. The fourth-order valence-corrected chi connectivity index (χ4v) is 4.83. The molecule has 1 aromatic rings. The standard InChI is InChI=1S/C19H28O4S/c20-24(21,22)18-13-11-17(12-14-18)23-19(15-7-3-1-4-8-15)16-9-5-2-6-10-16/h11-16,19H,1-10H2,(H,20,21,22). The van der Waals surface area contributed by atoms with Crippen molar-refractivity contribution in [2.75, 3.05) is 0 Å². The zero-order valence-corrected chi connectivity index (χ0v) is 15.0. The molecule has 134 valence electrons. The third kappa shape index (κ3) is 4.51. The largest absolute Gasteiger partial charge is 0.490 e. The lowest BCUT2D eigenvalue weighted by atomic mass is 9.75. The molecule has 0 saturated heterocycles. The van der Waals surface area contributed by atoms with Crippen LogP contribution in [0.2, 0.25) is 0 Å². The summed E-state index contributed by atoms with van der Waals surface area (Å²) in [6, 6.07) is 6.18. The molecule has 3 rings (SSSR count). The second-order valence-electron chi connectivity index (χ2n) is 7.33. The Balaban J connectivity index is 1.75. The SMILES string of the molecule is O=S(=O)(O)c1ccc(OC(C2CCCCC2)C2CCCCC2)cc1. The van der Waals surface area contributed by atoms with Gasteiger partial charge in [0.15, 0.2) is 0 Å². The lowest BCUT2D eigenvalue weighted by Crippen LogP contribution is -2.37. The van der Waals surface area contributed by atoms with Crippen LogP contribution in [-0.4, -0.2) is 19.1 Å². The maximum Gasteiger partial charge on any atom is 0.294 e. The third-order valence-corrected chi connectivity index (χ3v) is 6.49. The average molecular weight is 352 g/mol. The van der Waals surface area contributed by atoms with Gasteiger partial charge in [0.05, 0.1) is 4.90 Å². The Bertz CT molecular complexity index is 593. The van der Waals surface area contributed by atoms with Crippen molar-refractivity contribution in [3.63, 3.8) is 0 Å². The van der Waals surface area contributed by atoms with Crippen LogP contribution in [0.25, 0.3) is 0 Å². The monoisotopic (exact) mass is 352 g/mol. The van der Waals surface area contributed by atoms with E-state index in [0.717, 1.165) is 0 Å². The van der Waals surface area contributed by atoms with Crippen molar-refractivity contribution in [1.29, 1.82) is 0 Å². The zero-order chi connectivity index (χ0) is 17.0. The molecule has 2 saturated carbocycles. The predicted molar refractivity (Wildman–Crippen MR) is 93.8 cm³/mol. The van der Waals surface area contributed by atoms with E-state index < -0.39 is 10.1 Å². The Kier molecular flexibility index (Phi) is 5.82. The van der Waals surface area contributed by atoms with Gasteiger partial charge >= 0.3 is 0 Å². The van der Waals surface area contributed by atoms with Gasteiger partial charge in [-0.05, 0) is 61.8 Å². The quantitative estimate of drug-likeness (QED) is 0.770. The molecule has 5 heteroatoms. The minimum absolute atomic E-state index is 0.0817. The minimum Gasteiger partial charge on any atom is -0.490 e. The molecule has 2 aliphatic carbocycles. The molecule has 0 aromatic heterocycles. The van der Waals surface area contributed by atoms with Gasteiger partial charge in [-0.2, -0.15) is 8.42 Å². The molecule has 1 aromatic carbocycles. The molecule has 0 atom stereocenters. The fraction of sp³-hybridized carbons (Fsp3) is 0.684. The first-order valence-corrected chi connectivity index (χ1v) is 10.7. The molecule has 0 amide bonds. The molecule has 0 heterocycles. The molecule has 0 spiro atoms. The normalized spacial score (nSPS) is 21.1. The van der Waals surface area contributed by atoms with Crippen LogP contribution in [0.4, 0.5) is 0 Å². The molecule has 24 heavy (non-hydrogen) atoms. The van der Waals surface area contributed by atoms with E-state index in [2.05, 4.69) is 0 Å². The molecular weight excluding hydrogens is 324 g/mol. The summed E-state index contributed by atoms with van der Waals surface area (Å²) in [5, 5.41) is 0. The third-order valence-electron chi connectivity index (χ3n) is 5.62. The summed E-state index contributed by atoms with van der Waals surface area (Å²) >= 11 is 0. The van der Waals surface area contributed by atoms with E-state index in [1.165, 1.54) is 76.3 Å². The van der Waals surface area contributed by atoms with Crippen LogP contribution in [0.3, 0.4) is 0 Å². The summed E-state index contributed by atoms with van der Waals surface area (Å²) in [7, 11) is -4.14. The Hall–Kier alpha value is -1.07. The highest BCUT2D eigenvalue weighted by Gasteiger charge is 2.33. The second kappa shape index (κ2) is 7.87. The fourth-order valence-electron chi connectivity index (χ4n) is 4.35. The smallest absolute Gasteiger partial charge is 0.294 e. The molecule has 0 radical (unpaired) electrons. The summed E-state index contributed by atoms with van der Waals surface area (Å²) < 4.78 is 37.8. The number of rotatable bonds is 5. The van der Waals surface area contributed by atoms with Gasteiger partial charge in [-0.3, -0.25) is 4.55 Å². The first-order chi connectivity index (χ1) is 11.5. The zero-order valence-electron chi connectivity index (χ0n) is 14.2. The average Bonchev–Trinajstić information content (AvgIpc) is 2.61. The van der Waals surface area contributed by atoms with E-state index in [1.54, 1.807) is 12.1 Å². The molecule has 2 fully saturated rings. The van der Waals surface area contributed by atoms with Gasteiger partial charge in [-0.1, -0.05) is 38.5 Å². The van der Waals surface area contributed by atoms with Gasteiger partial charge in [0.2, 0.25) is 0 Å². The van der Waals surface area contributed by atoms with Crippen molar-refractivity contribution in [2.45, 2.75) is 75.2 Å². The summed E-state index contributed by atoms with van der Waals surface area (Å²) in [5.41, 5.74) is 0. The maximum absolute atomic E-state index is 11.2. The molecule has 0 aliphatic heterocycles. The highest BCUT2D eigenvalue weighted by Crippen LogP contribution is 2.38. The van der Waals surface area contributed by atoms with E-state index in [4.69, 9.17) is 9.29 Å². The van der Waals surface area contributed by atoms with Gasteiger partial charge in [0.1, 0.15) is 11.9 Å². The molecule has 4 nitrogen and oxygen atoms in total. The number of hydrogen-bond acceptors (Lipinski definition) is 3. The van der Waals surface area contributed by atoms with Crippen molar-refractivity contribution in [3.8, 4) is 5.75 Å². The van der Waals surface area contributed by atoms with Crippen LogP contribution >= 0.6 is 0 Å². The number of benzene rings is 1. The molecule has 0 unspecified atom stereocenters. The van der Waals surface area contributed by atoms with Crippen molar-refractivity contribution >= 4 is 10.1 Å². The summed E-state index contributed by atoms with van der Waals surface area (Å²) in [6.07, 6.45) is 13.0. The van der Waals surface area contributed by atoms with Gasteiger partial charge in [-0.15, -0.1) is 0 Å². The van der Waals surface area contributed by atoms with Crippen LogP contribution in [0.15, 0.2) is 29.2 Å². The van der Waals surface area contributed by atoms with E-state index in [0.29, 0.717) is 17.6 Å². The lowest BCUT2D eigenvalue weighted by molar-refractivity contribution is 0.0389. The Morgan fingerprint density at radius 2 is 1.29 bits per heavy atom. The van der Waals surface area contributed by atoms with Crippen LogP contribution < -0.4 is 4.74 Å². The van der Waals surface area contributed by atoms with Gasteiger partial charge in [0.25, 0.3) is 10.1 Å². The highest BCUT2D eigenvalue weighted by atomic mass is 32.2. The summed E-state index contributed by atoms with van der Waals surface area (Å²) in [4.78, 5) is -0.0817. The summed E-state index contributed by atoms with van der Waals surface area (Å²) in [6.45, 7) is 0. The number of hydrogen-bond donors (Lipinski definition) is 1. The summed E-state index contributed by atoms with van der Waals surface area (Å²) in [5.74, 6) is 1.94. The van der Waals surface area contributed by atoms with Crippen molar-refractivity contribution in [1.82, 2.24) is 0 Å². The topological polar surface area (TPSA) is 63.6 Å². The van der Waals surface area contributed by atoms with Crippen LogP contribution in [0.1, 0.15) is 64.2 Å². The van der Waals surface area contributed by atoms with Crippen molar-refractivity contribution < 1.29 is 17.7 Å². The highest BCUT2D eigenvalue weighted by molar-refractivity contribution is 7.85. The van der Waals surface area contributed by atoms with Crippen LogP contribution in [0.5, 0.6) is 5.75 Å². The number of ether oxygens (including phenoxy) is 1. The lowest BCUT2D eigenvalue weighted by Gasteiger charge is -2.37. The molecule has 0 bridgehead atoms. The molecular formula is C19H28O4S. The van der Waals surface area contributed by atoms with Crippen LogP contribution in [0, 0.1) is 11.8 Å². The van der Waals surface area contributed by atoms with E-state index in [-0.39, 0.29) is 11.0 Å². The predicted octanol–water partition coefficient (Wildman–Crippen LogP) is 4.84. The van der Waals surface area contributed by atoms with E-state index >= 15 is 0 Å². The Morgan fingerprint density at radius 1 is 0.833 bits per heavy atom. The Morgan fingerprint density at radius 3 is 1.71 bits per heavy atom. The van der Waals surface area contributed by atoms with Crippen molar-refractivity contribution in [2.24, 2.45) is 11.8 Å². The first kappa shape index (κ1) is 17.7. The van der Waals surface area contributed by atoms with E-state index in [9.17, 15) is 8.42 Å². The molecule has 1 N–H and O–H groups in total. The molecule has 2 aliphatic rings. The minimum atomic E-state index is -4.14. The van der Waals surface area contributed by atoms with Gasteiger partial charge < -0.3 is 4.74 Å². The van der Waals surface area contributed by atoms with Crippen LogP contribution in [-0.2, 0) is 10.1 Å². The van der Waals surface area contributed by atoms with E-state index in [1.807, 2.05) is 0 Å². The van der Waals surface area contributed by atoms with Crippen molar-refractivity contribution in [3.05, 3.63) is 24.3 Å².